The number of rotatable bonds is 5. The standard InChI is InChI=1S/C18H18N6O/c1-12-8-16(24-17(20-12)9-13(2)22-24)19-11-18-21-15(23-25-18)10-14-6-4-3-5-7-14/h3-9,19H,10-11H2,1-2H3. The first-order valence-electron chi connectivity index (χ1n) is 8.11. The van der Waals surface area contributed by atoms with E-state index >= 15 is 0 Å². The second kappa shape index (κ2) is 6.35. The number of hydrogen-bond acceptors (Lipinski definition) is 6. The number of aryl methyl sites for hydroxylation is 2. The van der Waals surface area contributed by atoms with E-state index in [1.807, 2.05) is 56.3 Å². The highest BCUT2D eigenvalue weighted by atomic mass is 16.5. The lowest BCUT2D eigenvalue weighted by molar-refractivity contribution is 0.378. The summed E-state index contributed by atoms with van der Waals surface area (Å²) in [6, 6.07) is 14.0. The maximum atomic E-state index is 5.34. The van der Waals surface area contributed by atoms with Crippen molar-refractivity contribution < 1.29 is 4.52 Å². The third-order valence-electron chi connectivity index (χ3n) is 3.81. The van der Waals surface area contributed by atoms with Gasteiger partial charge in [-0.3, -0.25) is 0 Å². The number of nitrogens with zero attached hydrogens (tertiary/aromatic N) is 5. The van der Waals surface area contributed by atoms with Crippen molar-refractivity contribution in [2.24, 2.45) is 0 Å². The van der Waals surface area contributed by atoms with E-state index in [4.69, 9.17) is 4.52 Å². The molecule has 0 spiro atoms. The van der Waals surface area contributed by atoms with Crippen molar-refractivity contribution in [2.75, 3.05) is 5.32 Å². The maximum absolute atomic E-state index is 5.34. The fourth-order valence-electron chi connectivity index (χ4n) is 2.72. The Hall–Kier alpha value is -3.22. The summed E-state index contributed by atoms with van der Waals surface area (Å²) in [5, 5.41) is 11.8. The molecule has 4 aromatic rings. The Morgan fingerprint density at radius 2 is 1.88 bits per heavy atom. The van der Waals surface area contributed by atoms with Gasteiger partial charge < -0.3 is 9.84 Å². The molecule has 1 aromatic carbocycles. The molecule has 126 valence electrons. The summed E-state index contributed by atoms with van der Waals surface area (Å²) in [6.07, 6.45) is 0.654. The van der Waals surface area contributed by atoms with Gasteiger partial charge in [0.25, 0.3) is 0 Å². The summed E-state index contributed by atoms with van der Waals surface area (Å²) in [5.74, 6) is 2.06. The number of anilines is 1. The minimum absolute atomic E-state index is 0.430. The summed E-state index contributed by atoms with van der Waals surface area (Å²) < 4.78 is 7.12. The van der Waals surface area contributed by atoms with Crippen LogP contribution in [-0.2, 0) is 13.0 Å². The molecule has 0 fully saturated rings. The zero-order valence-corrected chi connectivity index (χ0v) is 14.1. The summed E-state index contributed by atoms with van der Waals surface area (Å²) in [6.45, 7) is 4.33. The van der Waals surface area contributed by atoms with Gasteiger partial charge in [-0.05, 0) is 19.4 Å². The highest BCUT2D eigenvalue weighted by Crippen LogP contribution is 2.15. The molecule has 0 atom stereocenters. The quantitative estimate of drug-likeness (QED) is 0.604. The van der Waals surface area contributed by atoms with Crippen molar-refractivity contribution >= 4 is 11.5 Å². The summed E-state index contributed by atoms with van der Waals surface area (Å²) in [5.41, 5.74) is 3.81. The van der Waals surface area contributed by atoms with Gasteiger partial charge in [-0.2, -0.15) is 14.6 Å². The van der Waals surface area contributed by atoms with Gasteiger partial charge in [-0.1, -0.05) is 35.5 Å². The van der Waals surface area contributed by atoms with Crippen LogP contribution in [0.3, 0.4) is 0 Å². The van der Waals surface area contributed by atoms with Gasteiger partial charge >= 0.3 is 0 Å². The van der Waals surface area contributed by atoms with E-state index in [-0.39, 0.29) is 0 Å². The van der Waals surface area contributed by atoms with Crippen LogP contribution < -0.4 is 5.32 Å². The predicted molar refractivity (Wildman–Crippen MR) is 93.3 cm³/mol. The lowest BCUT2D eigenvalue weighted by atomic mass is 10.1. The number of fused-ring (bicyclic) bond motifs is 1. The van der Waals surface area contributed by atoms with Gasteiger partial charge in [-0.15, -0.1) is 0 Å². The molecule has 0 amide bonds. The van der Waals surface area contributed by atoms with E-state index < -0.39 is 0 Å². The molecule has 0 saturated heterocycles. The molecule has 7 heteroatoms. The van der Waals surface area contributed by atoms with Crippen LogP contribution in [0.4, 0.5) is 5.82 Å². The largest absolute Gasteiger partial charge is 0.361 e. The molecule has 0 saturated carbocycles. The SMILES string of the molecule is Cc1cc(NCc2nc(Cc3ccccc3)no2)n2nc(C)cc2n1. The lowest BCUT2D eigenvalue weighted by Gasteiger charge is -2.07. The molecule has 1 N–H and O–H groups in total. The second-order valence-electron chi connectivity index (χ2n) is 5.96. The zero-order valence-electron chi connectivity index (χ0n) is 14.1. The smallest absolute Gasteiger partial charge is 0.245 e. The molecule has 0 aliphatic carbocycles. The molecule has 4 rings (SSSR count). The molecule has 0 bridgehead atoms. The van der Waals surface area contributed by atoms with Crippen molar-refractivity contribution in [1.82, 2.24) is 24.7 Å². The van der Waals surface area contributed by atoms with Crippen molar-refractivity contribution in [3.63, 3.8) is 0 Å². The van der Waals surface area contributed by atoms with Crippen LogP contribution in [0.5, 0.6) is 0 Å². The lowest BCUT2D eigenvalue weighted by Crippen LogP contribution is -2.07. The molecule has 0 radical (unpaired) electrons. The van der Waals surface area contributed by atoms with Crippen LogP contribution in [0.15, 0.2) is 47.0 Å². The van der Waals surface area contributed by atoms with Crippen molar-refractivity contribution in [3.8, 4) is 0 Å². The van der Waals surface area contributed by atoms with E-state index in [1.165, 1.54) is 0 Å². The second-order valence-corrected chi connectivity index (χ2v) is 5.96. The molecule has 3 heterocycles. The van der Waals surface area contributed by atoms with E-state index in [0.717, 1.165) is 28.4 Å². The predicted octanol–water partition coefficient (Wildman–Crippen LogP) is 2.93. The molecule has 3 aromatic heterocycles. The van der Waals surface area contributed by atoms with Crippen LogP contribution >= 0.6 is 0 Å². The Bertz CT molecular complexity index is 1010. The van der Waals surface area contributed by atoms with Gasteiger partial charge in [0.05, 0.1) is 12.2 Å². The number of benzene rings is 1. The topological polar surface area (TPSA) is 81.1 Å². The number of nitrogens with one attached hydrogen (secondary N) is 1. The molecule has 25 heavy (non-hydrogen) atoms. The van der Waals surface area contributed by atoms with E-state index in [9.17, 15) is 0 Å². The van der Waals surface area contributed by atoms with Crippen molar-refractivity contribution in [3.05, 3.63) is 71.1 Å². The van der Waals surface area contributed by atoms with E-state index in [1.54, 1.807) is 4.52 Å². The third-order valence-corrected chi connectivity index (χ3v) is 3.81. The Kier molecular flexibility index (Phi) is 3.89. The minimum atomic E-state index is 0.430. The summed E-state index contributed by atoms with van der Waals surface area (Å²) in [4.78, 5) is 8.91. The third kappa shape index (κ3) is 3.35. The monoisotopic (exact) mass is 334 g/mol. The molecule has 0 unspecified atom stereocenters. The number of aromatic nitrogens is 5. The van der Waals surface area contributed by atoms with Crippen LogP contribution in [0.1, 0.15) is 28.7 Å². The van der Waals surface area contributed by atoms with Gasteiger partial charge in [0.2, 0.25) is 5.89 Å². The molecular formula is C18H18N6O. The van der Waals surface area contributed by atoms with Crippen LogP contribution in [0, 0.1) is 13.8 Å². The van der Waals surface area contributed by atoms with Crippen molar-refractivity contribution in [2.45, 2.75) is 26.8 Å². The molecular weight excluding hydrogens is 316 g/mol. The van der Waals surface area contributed by atoms with Gasteiger partial charge in [0.15, 0.2) is 11.5 Å². The van der Waals surface area contributed by atoms with Crippen molar-refractivity contribution in [1.29, 1.82) is 0 Å². The van der Waals surface area contributed by atoms with Gasteiger partial charge in [0, 0.05) is 24.2 Å². The average molecular weight is 334 g/mol. The van der Waals surface area contributed by atoms with E-state index in [2.05, 4.69) is 25.5 Å². The Labute approximate surface area is 144 Å². The normalized spacial score (nSPS) is 11.1. The van der Waals surface area contributed by atoms with E-state index in [0.29, 0.717) is 24.7 Å². The Morgan fingerprint density at radius 1 is 1.04 bits per heavy atom. The fraction of sp³-hybridized carbons (Fsp3) is 0.222. The summed E-state index contributed by atoms with van der Waals surface area (Å²) >= 11 is 0. The molecule has 7 nitrogen and oxygen atoms in total. The molecule has 0 aliphatic heterocycles. The molecule has 0 aliphatic rings. The van der Waals surface area contributed by atoms with Gasteiger partial charge in [0.1, 0.15) is 5.82 Å². The van der Waals surface area contributed by atoms with Crippen LogP contribution in [0.2, 0.25) is 0 Å². The minimum Gasteiger partial charge on any atom is -0.361 e. The van der Waals surface area contributed by atoms with Crippen LogP contribution in [0.25, 0.3) is 5.65 Å². The highest BCUT2D eigenvalue weighted by Gasteiger charge is 2.10. The Morgan fingerprint density at radius 3 is 2.72 bits per heavy atom. The fourth-order valence-corrected chi connectivity index (χ4v) is 2.72. The maximum Gasteiger partial charge on any atom is 0.245 e. The summed E-state index contributed by atoms with van der Waals surface area (Å²) in [7, 11) is 0. The highest BCUT2D eigenvalue weighted by molar-refractivity contribution is 5.50. The zero-order chi connectivity index (χ0) is 17.2. The first kappa shape index (κ1) is 15.3. The number of hydrogen-bond donors (Lipinski definition) is 1. The average Bonchev–Trinajstić information content (AvgIpc) is 3.19. The first-order chi connectivity index (χ1) is 12.2. The Balaban J connectivity index is 1.49. The first-order valence-corrected chi connectivity index (χ1v) is 8.11. The van der Waals surface area contributed by atoms with Gasteiger partial charge in [-0.25, -0.2) is 4.98 Å². The van der Waals surface area contributed by atoms with Crippen LogP contribution in [-0.4, -0.2) is 24.7 Å².